The molecule has 0 fully saturated rings. The number of hydrogen-bond acceptors (Lipinski definition) is 3. The van der Waals surface area contributed by atoms with Gasteiger partial charge in [-0.1, -0.05) is 42.5 Å². The van der Waals surface area contributed by atoms with Gasteiger partial charge in [-0.3, -0.25) is 0 Å². The minimum Gasteiger partial charge on any atom is -0.497 e. The van der Waals surface area contributed by atoms with Crippen molar-refractivity contribution in [3.05, 3.63) is 54.6 Å². The Kier molecular flexibility index (Phi) is 8.47. The standard InChI is InChI=1S/C13H12O.2CH2O/c1-14-13-9-7-12(8-10-13)11-5-3-2-4-6-11;2*1-2/h2-10H,1H3;2*1H2. The van der Waals surface area contributed by atoms with E-state index in [9.17, 15) is 0 Å². The number of benzene rings is 2. The highest BCUT2D eigenvalue weighted by atomic mass is 16.5. The molecule has 0 aromatic heterocycles. The number of methoxy groups -OCH3 is 1. The fourth-order valence-electron chi connectivity index (χ4n) is 1.41. The Morgan fingerprint density at radius 3 is 1.61 bits per heavy atom. The maximum atomic E-state index is 8.00. The van der Waals surface area contributed by atoms with Gasteiger partial charge in [-0.25, -0.2) is 0 Å². The molecule has 2 rings (SSSR count). The van der Waals surface area contributed by atoms with E-state index in [1.165, 1.54) is 11.1 Å². The van der Waals surface area contributed by atoms with Gasteiger partial charge in [-0.15, -0.1) is 0 Å². The third-order valence-electron chi connectivity index (χ3n) is 2.20. The zero-order chi connectivity index (χ0) is 13.8. The van der Waals surface area contributed by atoms with Gasteiger partial charge < -0.3 is 14.3 Å². The summed E-state index contributed by atoms with van der Waals surface area (Å²) < 4.78 is 5.11. The second-order valence-corrected chi connectivity index (χ2v) is 3.09. The van der Waals surface area contributed by atoms with Crippen molar-refractivity contribution in [3.63, 3.8) is 0 Å². The quantitative estimate of drug-likeness (QED) is 0.815. The summed E-state index contributed by atoms with van der Waals surface area (Å²) in [5.74, 6) is 0.893. The molecule has 0 radical (unpaired) electrons. The average molecular weight is 244 g/mol. The molecule has 0 heterocycles. The van der Waals surface area contributed by atoms with E-state index in [0.717, 1.165) is 5.75 Å². The summed E-state index contributed by atoms with van der Waals surface area (Å²) in [4.78, 5) is 16.0. The molecule has 0 saturated carbocycles. The molecule has 0 aliphatic heterocycles. The highest BCUT2D eigenvalue weighted by molar-refractivity contribution is 5.63. The van der Waals surface area contributed by atoms with Gasteiger partial charge in [0.15, 0.2) is 0 Å². The minimum absolute atomic E-state index is 0.893. The van der Waals surface area contributed by atoms with Crippen LogP contribution in [0, 0.1) is 0 Å². The van der Waals surface area contributed by atoms with Crippen LogP contribution in [0.3, 0.4) is 0 Å². The van der Waals surface area contributed by atoms with Crippen molar-refractivity contribution < 1.29 is 14.3 Å². The molecule has 0 N–H and O–H groups in total. The van der Waals surface area contributed by atoms with Crippen LogP contribution in [0.1, 0.15) is 0 Å². The fourth-order valence-corrected chi connectivity index (χ4v) is 1.41. The largest absolute Gasteiger partial charge is 0.497 e. The van der Waals surface area contributed by atoms with E-state index in [0.29, 0.717) is 0 Å². The van der Waals surface area contributed by atoms with E-state index in [2.05, 4.69) is 24.3 Å². The van der Waals surface area contributed by atoms with E-state index in [4.69, 9.17) is 14.3 Å². The van der Waals surface area contributed by atoms with E-state index < -0.39 is 0 Å². The molecule has 0 atom stereocenters. The summed E-state index contributed by atoms with van der Waals surface area (Å²) in [7, 11) is 1.68. The third kappa shape index (κ3) is 4.61. The Morgan fingerprint density at radius 1 is 0.722 bits per heavy atom. The highest BCUT2D eigenvalue weighted by Gasteiger charge is 1.95. The van der Waals surface area contributed by atoms with Gasteiger partial charge in [0.05, 0.1) is 7.11 Å². The normalized spacial score (nSPS) is 8.06. The molecule has 0 aliphatic rings. The molecule has 18 heavy (non-hydrogen) atoms. The van der Waals surface area contributed by atoms with Crippen LogP contribution >= 0.6 is 0 Å². The fraction of sp³-hybridized carbons (Fsp3) is 0.0667. The first-order chi connectivity index (χ1) is 8.90. The van der Waals surface area contributed by atoms with Gasteiger partial charge in [0, 0.05) is 0 Å². The van der Waals surface area contributed by atoms with E-state index in [-0.39, 0.29) is 0 Å². The number of rotatable bonds is 2. The number of hydrogen-bond donors (Lipinski definition) is 0. The van der Waals surface area contributed by atoms with E-state index >= 15 is 0 Å². The summed E-state index contributed by atoms with van der Waals surface area (Å²) >= 11 is 0. The van der Waals surface area contributed by atoms with Crippen LogP contribution in [0.25, 0.3) is 11.1 Å². The first kappa shape index (κ1) is 15.6. The van der Waals surface area contributed by atoms with E-state index in [1.54, 1.807) is 7.11 Å². The Morgan fingerprint density at radius 2 is 1.17 bits per heavy atom. The minimum atomic E-state index is 0.893. The van der Waals surface area contributed by atoms with Gasteiger partial charge in [0.2, 0.25) is 0 Å². The first-order valence-corrected chi connectivity index (χ1v) is 5.17. The van der Waals surface area contributed by atoms with Crippen molar-refractivity contribution >= 4 is 13.6 Å². The molecule has 3 heteroatoms. The molecule has 3 nitrogen and oxygen atoms in total. The number of carbonyl (C=O) groups excluding carboxylic acids is 2. The van der Waals surface area contributed by atoms with Gasteiger partial charge in [-0.05, 0) is 23.3 Å². The van der Waals surface area contributed by atoms with Crippen LogP contribution in [0.5, 0.6) is 5.75 Å². The molecule has 2 aromatic rings. The first-order valence-electron chi connectivity index (χ1n) is 5.17. The van der Waals surface area contributed by atoms with Crippen LogP contribution in [-0.4, -0.2) is 20.7 Å². The average Bonchev–Trinajstić information content (AvgIpc) is 2.52. The number of carbonyl (C=O) groups is 2. The summed E-state index contributed by atoms with van der Waals surface area (Å²) in [5, 5.41) is 0. The summed E-state index contributed by atoms with van der Waals surface area (Å²) in [6.45, 7) is 4.00. The lowest BCUT2D eigenvalue weighted by Crippen LogP contribution is -1.82. The summed E-state index contributed by atoms with van der Waals surface area (Å²) in [6.07, 6.45) is 0. The molecule has 0 unspecified atom stereocenters. The molecule has 0 bridgehead atoms. The molecule has 0 aliphatic carbocycles. The zero-order valence-electron chi connectivity index (χ0n) is 10.3. The van der Waals surface area contributed by atoms with Crippen molar-refractivity contribution in [1.29, 1.82) is 0 Å². The van der Waals surface area contributed by atoms with Crippen LogP contribution in [0.15, 0.2) is 54.6 Å². The Bertz CT molecular complexity index is 421. The monoisotopic (exact) mass is 244 g/mol. The van der Waals surface area contributed by atoms with Crippen molar-refractivity contribution in [2.24, 2.45) is 0 Å². The molecule has 0 amide bonds. The van der Waals surface area contributed by atoms with Crippen LogP contribution in [-0.2, 0) is 9.59 Å². The van der Waals surface area contributed by atoms with E-state index in [1.807, 2.05) is 43.9 Å². The van der Waals surface area contributed by atoms with Gasteiger partial charge in [0.1, 0.15) is 19.3 Å². The molecule has 0 saturated heterocycles. The zero-order valence-corrected chi connectivity index (χ0v) is 10.3. The van der Waals surface area contributed by atoms with Crippen molar-refractivity contribution in [2.45, 2.75) is 0 Å². The Labute approximate surface area is 107 Å². The highest BCUT2D eigenvalue weighted by Crippen LogP contribution is 2.21. The molecular weight excluding hydrogens is 228 g/mol. The van der Waals surface area contributed by atoms with Crippen LogP contribution in [0.4, 0.5) is 0 Å². The summed E-state index contributed by atoms with van der Waals surface area (Å²) in [5.41, 5.74) is 2.45. The lowest BCUT2D eigenvalue weighted by atomic mass is 10.1. The van der Waals surface area contributed by atoms with Gasteiger partial charge >= 0.3 is 0 Å². The topological polar surface area (TPSA) is 43.4 Å². The van der Waals surface area contributed by atoms with Gasteiger partial charge in [-0.2, -0.15) is 0 Å². The van der Waals surface area contributed by atoms with Crippen molar-refractivity contribution in [3.8, 4) is 16.9 Å². The van der Waals surface area contributed by atoms with Crippen LogP contribution < -0.4 is 4.74 Å². The lowest BCUT2D eigenvalue weighted by Gasteiger charge is -2.02. The SMILES string of the molecule is C=O.C=O.COc1ccc(-c2ccccc2)cc1. The Hall–Kier alpha value is -2.42. The second kappa shape index (κ2) is 9.78. The maximum absolute atomic E-state index is 8.00. The molecule has 2 aromatic carbocycles. The molecule has 94 valence electrons. The van der Waals surface area contributed by atoms with Gasteiger partial charge in [0.25, 0.3) is 0 Å². The predicted octanol–water partition coefficient (Wildman–Crippen LogP) is 2.99. The van der Waals surface area contributed by atoms with Crippen LogP contribution in [0.2, 0.25) is 0 Å². The molecular formula is C15H16O3. The summed E-state index contributed by atoms with van der Waals surface area (Å²) in [6, 6.07) is 18.4. The Balaban J connectivity index is 0.000000659. The van der Waals surface area contributed by atoms with Crippen molar-refractivity contribution in [2.75, 3.05) is 7.11 Å². The lowest BCUT2D eigenvalue weighted by molar-refractivity contribution is -0.0987. The number of ether oxygens (including phenoxy) is 1. The maximum Gasteiger partial charge on any atom is 0.118 e. The third-order valence-corrected chi connectivity index (χ3v) is 2.20. The van der Waals surface area contributed by atoms with Crippen molar-refractivity contribution in [1.82, 2.24) is 0 Å². The second-order valence-electron chi connectivity index (χ2n) is 3.09. The molecule has 0 spiro atoms. The smallest absolute Gasteiger partial charge is 0.118 e. The predicted molar refractivity (Wildman–Crippen MR) is 72.7 cm³/mol.